The number of hydrogen-bond acceptors (Lipinski definition) is 16. The monoisotopic (exact) mass is 596 g/mol. The number of fused-ring (bicyclic) bond motifs is 1. The minimum absolute atomic E-state index is 0.0437. The van der Waals surface area contributed by atoms with Gasteiger partial charge in [0.2, 0.25) is 17.5 Å². The Labute approximate surface area is 235 Å². The predicted octanol–water partition coefficient (Wildman–Crippen LogP) is -2.08. The van der Waals surface area contributed by atoms with Crippen LogP contribution in [0.3, 0.4) is 0 Å². The summed E-state index contributed by atoms with van der Waals surface area (Å²) in [5.41, 5.74) is -1.38. The van der Waals surface area contributed by atoms with Crippen LogP contribution in [-0.4, -0.2) is 120 Å². The molecule has 0 aliphatic carbocycles. The SMILES string of the molecule is O=c1c(O[C@@H]2O[C@H](CO)[C@@H](O)[C@H](O)[C@H]2O[C@H]2OC[C@@H](O)[C@H](O)[C@H]2O)c(-c2ccc(O)c(O)c2)oc2cc(O)cc(O)c12. The van der Waals surface area contributed by atoms with Gasteiger partial charge in [0.25, 0.3) is 0 Å². The number of benzene rings is 2. The number of phenolic OH excluding ortho intramolecular Hbond substituents is 4. The first-order valence-corrected chi connectivity index (χ1v) is 12.6. The molecule has 9 atom stereocenters. The molecular formula is C26H28O16. The molecule has 10 N–H and O–H groups in total. The topological polar surface area (TPSA) is 269 Å². The summed E-state index contributed by atoms with van der Waals surface area (Å²) in [4.78, 5) is 13.7. The van der Waals surface area contributed by atoms with Crippen molar-refractivity contribution in [2.45, 2.75) is 55.3 Å². The van der Waals surface area contributed by atoms with Crippen molar-refractivity contribution >= 4 is 11.0 Å². The van der Waals surface area contributed by atoms with E-state index in [-0.39, 0.29) is 11.1 Å². The first-order valence-electron chi connectivity index (χ1n) is 12.6. The molecule has 0 radical (unpaired) electrons. The van der Waals surface area contributed by atoms with Crippen LogP contribution < -0.4 is 10.2 Å². The van der Waals surface area contributed by atoms with E-state index in [9.17, 15) is 55.9 Å². The highest BCUT2D eigenvalue weighted by atomic mass is 16.8. The Hall–Kier alpha value is -3.71. The molecule has 1 aromatic heterocycles. The Bertz CT molecular complexity index is 1510. The summed E-state index contributed by atoms with van der Waals surface area (Å²) in [7, 11) is 0. The van der Waals surface area contributed by atoms with Gasteiger partial charge < -0.3 is 74.4 Å². The van der Waals surface area contributed by atoms with Crippen LogP contribution in [0.5, 0.6) is 28.7 Å². The zero-order chi connectivity index (χ0) is 30.5. The Kier molecular flexibility index (Phi) is 8.17. The third-order valence-corrected chi connectivity index (χ3v) is 6.96. The molecule has 0 unspecified atom stereocenters. The molecular weight excluding hydrogens is 568 g/mol. The summed E-state index contributed by atoms with van der Waals surface area (Å²) in [6.07, 6.45) is -15.5. The second-order valence-corrected chi connectivity index (χ2v) is 9.81. The van der Waals surface area contributed by atoms with E-state index < -0.39 is 114 Å². The van der Waals surface area contributed by atoms with Gasteiger partial charge in [0.05, 0.1) is 13.2 Å². The average Bonchev–Trinajstić information content (AvgIpc) is 2.94. The molecule has 42 heavy (non-hydrogen) atoms. The van der Waals surface area contributed by atoms with E-state index in [0.29, 0.717) is 0 Å². The fourth-order valence-electron chi connectivity index (χ4n) is 4.70. The molecule has 0 saturated carbocycles. The molecule has 16 heteroatoms. The molecule has 2 aliphatic rings. The molecule has 0 spiro atoms. The molecule has 2 aromatic carbocycles. The van der Waals surface area contributed by atoms with Gasteiger partial charge in [-0.1, -0.05) is 0 Å². The van der Waals surface area contributed by atoms with Crippen molar-refractivity contribution in [2.75, 3.05) is 13.2 Å². The van der Waals surface area contributed by atoms with E-state index >= 15 is 0 Å². The highest BCUT2D eigenvalue weighted by Gasteiger charge is 2.50. The Morgan fingerprint density at radius 3 is 2.26 bits per heavy atom. The Morgan fingerprint density at radius 2 is 1.57 bits per heavy atom. The van der Waals surface area contributed by atoms with E-state index in [2.05, 4.69) is 0 Å². The van der Waals surface area contributed by atoms with E-state index in [1.165, 1.54) is 6.07 Å². The standard InChI is InChI=1S/C26H28O16/c27-6-15-18(34)20(36)24(42-25-21(37)17(33)13(32)7-38-25)26(40-15)41-23-19(35)16-12(31)4-9(28)5-14(16)39-22(23)8-1-2-10(29)11(30)3-8/h1-5,13,15,17-18,20-21,24-34,36-37H,6-7H2/t13-,15-,17+,18-,20+,21-,24-,25-,26+/m1/s1. The van der Waals surface area contributed by atoms with Gasteiger partial charge >= 0.3 is 0 Å². The maximum Gasteiger partial charge on any atom is 0.239 e. The molecule has 5 rings (SSSR count). The van der Waals surface area contributed by atoms with Crippen molar-refractivity contribution in [3.8, 4) is 40.1 Å². The highest BCUT2D eigenvalue weighted by Crippen LogP contribution is 2.40. The number of aromatic hydroxyl groups is 4. The maximum atomic E-state index is 13.7. The van der Waals surface area contributed by atoms with Crippen LogP contribution >= 0.6 is 0 Å². The third kappa shape index (κ3) is 5.31. The fraction of sp³-hybridized carbons (Fsp3) is 0.423. The molecule has 228 valence electrons. The number of phenols is 4. The first-order chi connectivity index (χ1) is 19.9. The van der Waals surface area contributed by atoms with Crippen LogP contribution in [0.1, 0.15) is 0 Å². The zero-order valence-electron chi connectivity index (χ0n) is 21.4. The van der Waals surface area contributed by atoms with Crippen LogP contribution in [0.15, 0.2) is 39.5 Å². The van der Waals surface area contributed by atoms with Gasteiger partial charge in [-0.3, -0.25) is 4.79 Å². The van der Waals surface area contributed by atoms with Crippen LogP contribution in [0, 0.1) is 0 Å². The van der Waals surface area contributed by atoms with Gasteiger partial charge in [0.15, 0.2) is 29.7 Å². The molecule has 3 heterocycles. The first kappa shape index (κ1) is 29.8. The lowest BCUT2D eigenvalue weighted by atomic mass is 9.98. The summed E-state index contributed by atoms with van der Waals surface area (Å²) in [6.45, 7) is -1.31. The summed E-state index contributed by atoms with van der Waals surface area (Å²) in [5.74, 6) is -3.39. The maximum absolute atomic E-state index is 13.7. The van der Waals surface area contributed by atoms with Crippen molar-refractivity contribution in [3.05, 3.63) is 40.6 Å². The van der Waals surface area contributed by atoms with Crippen LogP contribution in [0.2, 0.25) is 0 Å². The molecule has 0 amide bonds. The van der Waals surface area contributed by atoms with Crippen LogP contribution in [0.25, 0.3) is 22.3 Å². The van der Waals surface area contributed by atoms with Crippen LogP contribution in [-0.2, 0) is 14.2 Å². The predicted molar refractivity (Wildman–Crippen MR) is 136 cm³/mol. The number of aliphatic hydroxyl groups is 6. The summed E-state index contributed by atoms with van der Waals surface area (Å²) < 4.78 is 28.0. The van der Waals surface area contributed by atoms with E-state index in [1.807, 2.05) is 0 Å². The lowest BCUT2D eigenvalue weighted by Gasteiger charge is -2.44. The quantitative estimate of drug-likeness (QED) is 0.137. The third-order valence-electron chi connectivity index (χ3n) is 6.96. The largest absolute Gasteiger partial charge is 0.508 e. The average molecular weight is 596 g/mol. The Balaban J connectivity index is 1.62. The van der Waals surface area contributed by atoms with Crippen molar-refractivity contribution in [1.82, 2.24) is 0 Å². The molecule has 16 nitrogen and oxygen atoms in total. The molecule has 0 bridgehead atoms. The van der Waals surface area contributed by atoms with Crippen molar-refractivity contribution in [3.63, 3.8) is 0 Å². The lowest BCUT2D eigenvalue weighted by Crippen LogP contribution is -2.64. The number of rotatable bonds is 6. The minimum Gasteiger partial charge on any atom is -0.508 e. The van der Waals surface area contributed by atoms with Crippen LogP contribution in [0.4, 0.5) is 0 Å². The highest BCUT2D eigenvalue weighted by molar-refractivity contribution is 5.88. The summed E-state index contributed by atoms with van der Waals surface area (Å²) >= 11 is 0. The molecule has 2 saturated heterocycles. The van der Waals surface area contributed by atoms with Gasteiger partial charge in [0.1, 0.15) is 59.1 Å². The second-order valence-electron chi connectivity index (χ2n) is 9.81. The second kappa shape index (κ2) is 11.5. The number of ether oxygens (including phenoxy) is 4. The van der Waals surface area contributed by atoms with E-state index in [4.69, 9.17) is 23.4 Å². The minimum atomic E-state index is -1.90. The summed E-state index contributed by atoms with van der Waals surface area (Å²) in [5, 5.41) is 101. The van der Waals surface area contributed by atoms with Crippen molar-refractivity contribution in [1.29, 1.82) is 0 Å². The van der Waals surface area contributed by atoms with Crippen molar-refractivity contribution in [2.24, 2.45) is 0 Å². The van der Waals surface area contributed by atoms with Gasteiger partial charge in [-0.25, -0.2) is 0 Å². The molecule has 2 aliphatic heterocycles. The van der Waals surface area contributed by atoms with Gasteiger partial charge in [-0.2, -0.15) is 0 Å². The zero-order valence-corrected chi connectivity index (χ0v) is 21.4. The summed E-state index contributed by atoms with van der Waals surface area (Å²) in [6, 6.07) is 5.21. The normalized spacial score (nSPS) is 31.7. The molecule has 2 fully saturated rings. The Morgan fingerprint density at radius 1 is 0.833 bits per heavy atom. The van der Waals surface area contributed by atoms with Crippen molar-refractivity contribution < 1.29 is 74.4 Å². The van der Waals surface area contributed by atoms with Gasteiger partial charge in [-0.15, -0.1) is 0 Å². The lowest BCUT2D eigenvalue weighted by molar-refractivity contribution is -0.345. The van der Waals surface area contributed by atoms with Gasteiger partial charge in [0, 0.05) is 17.7 Å². The fourth-order valence-corrected chi connectivity index (χ4v) is 4.70. The molecule has 3 aromatic rings. The number of aliphatic hydroxyl groups excluding tert-OH is 6. The smallest absolute Gasteiger partial charge is 0.239 e. The van der Waals surface area contributed by atoms with E-state index in [0.717, 1.165) is 24.3 Å². The number of hydrogen-bond donors (Lipinski definition) is 10. The van der Waals surface area contributed by atoms with Gasteiger partial charge in [-0.05, 0) is 18.2 Å². The van der Waals surface area contributed by atoms with E-state index in [1.54, 1.807) is 0 Å².